The number of amides is 1. The SMILES string of the molecule is CCN(C)C(=O)CNc1c(F)cc(C(=O)O)cc1F. The number of benzene rings is 1. The molecule has 0 spiro atoms. The molecule has 0 aliphatic carbocycles. The van der Waals surface area contributed by atoms with Gasteiger partial charge in [0.25, 0.3) is 0 Å². The van der Waals surface area contributed by atoms with Crippen molar-refractivity contribution in [1.82, 2.24) is 4.90 Å². The number of nitrogens with zero attached hydrogens (tertiary/aromatic N) is 1. The van der Waals surface area contributed by atoms with Crippen LogP contribution in [0.4, 0.5) is 14.5 Å². The summed E-state index contributed by atoms with van der Waals surface area (Å²) in [4.78, 5) is 23.4. The van der Waals surface area contributed by atoms with Crippen molar-refractivity contribution in [2.75, 3.05) is 25.5 Å². The molecule has 19 heavy (non-hydrogen) atoms. The fourth-order valence-electron chi connectivity index (χ4n) is 1.34. The average molecular weight is 272 g/mol. The maximum Gasteiger partial charge on any atom is 0.335 e. The highest BCUT2D eigenvalue weighted by Crippen LogP contribution is 2.20. The molecule has 1 aromatic rings. The standard InChI is InChI=1S/C12H14F2N2O3/c1-3-16(2)10(17)6-15-11-8(13)4-7(12(18)19)5-9(11)14/h4-5,15H,3,6H2,1-2H3,(H,18,19). The van der Waals surface area contributed by atoms with Crippen molar-refractivity contribution >= 4 is 17.6 Å². The van der Waals surface area contributed by atoms with E-state index in [-0.39, 0.29) is 12.5 Å². The second kappa shape index (κ2) is 6.12. The summed E-state index contributed by atoms with van der Waals surface area (Å²) in [6.07, 6.45) is 0. The number of carbonyl (C=O) groups excluding carboxylic acids is 1. The number of hydrogen-bond donors (Lipinski definition) is 2. The summed E-state index contributed by atoms with van der Waals surface area (Å²) in [6, 6.07) is 1.39. The van der Waals surface area contributed by atoms with Crippen LogP contribution in [0.5, 0.6) is 0 Å². The van der Waals surface area contributed by atoms with Gasteiger partial charge in [0, 0.05) is 13.6 Å². The van der Waals surface area contributed by atoms with E-state index >= 15 is 0 Å². The summed E-state index contributed by atoms with van der Waals surface area (Å²) in [5, 5.41) is 11.0. The number of likely N-dealkylation sites (N-methyl/N-ethyl adjacent to an activating group) is 1. The molecule has 2 N–H and O–H groups in total. The summed E-state index contributed by atoms with van der Waals surface area (Å²) in [5.41, 5.74) is -1.000. The lowest BCUT2D eigenvalue weighted by Crippen LogP contribution is -2.32. The van der Waals surface area contributed by atoms with Gasteiger partial charge < -0.3 is 15.3 Å². The van der Waals surface area contributed by atoms with Crippen molar-refractivity contribution in [3.8, 4) is 0 Å². The van der Waals surface area contributed by atoms with Gasteiger partial charge in [0.1, 0.15) is 17.3 Å². The Morgan fingerprint density at radius 3 is 2.26 bits per heavy atom. The molecule has 0 heterocycles. The monoisotopic (exact) mass is 272 g/mol. The van der Waals surface area contributed by atoms with Crippen molar-refractivity contribution in [2.45, 2.75) is 6.92 Å². The van der Waals surface area contributed by atoms with Crippen LogP contribution in [-0.4, -0.2) is 42.0 Å². The predicted molar refractivity (Wildman–Crippen MR) is 65.1 cm³/mol. The summed E-state index contributed by atoms with van der Waals surface area (Å²) in [5.74, 6) is -3.86. The van der Waals surface area contributed by atoms with E-state index in [1.807, 2.05) is 0 Å². The van der Waals surface area contributed by atoms with Crippen LogP contribution in [0, 0.1) is 11.6 Å². The summed E-state index contributed by atoms with van der Waals surface area (Å²) in [6.45, 7) is 1.97. The minimum atomic E-state index is -1.42. The Kier molecular flexibility index (Phi) is 4.80. The lowest BCUT2D eigenvalue weighted by Gasteiger charge is -2.16. The quantitative estimate of drug-likeness (QED) is 0.853. The van der Waals surface area contributed by atoms with E-state index < -0.39 is 28.9 Å². The molecule has 0 bridgehead atoms. The highest BCUT2D eigenvalue weighted by atomic mass is 19.1. The molecular weight excluding hydrogens is 258 g/mol. The molecule has 7 heteroatoms. The predicted octanol–water partition coefficient (Wildman–Crippen LogP) is 1.55. The minimum absolute atomic E-state index is 0.273. The van der Waals surface area contributed by atoms with Crippen LogP contribution in [-0.2, 0) is 4.79 Å². The van der Waals surface area contributed by atoms with Gasteiger partial charge in [-0.3, -0.25) is 4.79 Å². The first-order valence-corrected chi connectivity index (χ1v) is 5.57. The Bertz CT molecular complexity index is 483. The molecule has 0 fully saturated rings. The summed E-state index contributed by atoms with van der Waals surface area (Å²) in [7, 11) is 1.56. The molecule has 0 unspecified atom stereocenters. The molecule has 0 saturated heterocycles. The molecule has 0 radical (unpaired) electrons. The van der Waals surface area contributed by atoms with Crippen LogP contribution >= 0.6 is 0 Å². The van der Waals surface area contributed by atoms with Crippen LogP contribution in [0.1, 0.15) is 17.3 Å². The average Bonchev–Trinajstić information content (AvgIpc) is 2.36. The number of carboxylic acid groups (broad SMARTS) is 1. The molecule has 0 aliphatic rings. The molecule has 104 valence electrons. The van der Waals surface area contributed by atoms with Gasteiger partial charge in [0.05, 0.1) is 12.1 Å². The number of carboxylic acids is 1. The van der Waals surface area contributed by atoms with Crippen molar-refractivity contribution < 1.29 is 23.5 Å². The van der Waals surface area contributed by atoms with Gasteiger partial charge in [-0.15, -0.1) is 0 Å². The van der Waals surface area contributed by atoms with Crippen molar-refractivity contribution in [1.29, 1.82) is 0 Å². The van der Waals surface area contributed by atoms with Crippen molar-refractivity contribution in [3.63, 3.8) is 0 Å². The first-order chi connectivity index (χ1) is 8.86. The summed E-state index contributed by atoms with van der Waals surface area (Å²) >= 11 is 0. The topological polar surface area (TPSA) is 69.6 Å². The van der Waals surface area contributed by atoms with Crippen molar-refractivity contribution in [3.05, 3.63) is 29.3 Å². The van der Waals surface area contributed by atoms with E-state index in [9.17, 15) is 18.4 Å². The Morgan fingerprint density at radius 2 is 1.84 bits per heavy atom. The maximum atomic E-state index is 13.5. The number of anilines is 1. The van der Waals surface area contributed by atoms with Crippen LogP contribution in [0.15, 0.2) is 12.1 Å². The number of hydrogen-bond acceptors (Lipinski definition) is 3. The van der Waals surface area contributed by atoms with E-state index in [0.717, 1.165) is 0 Å². The first-order valence-electron chi connectivity index (χ1n) is 5.57. The Morgan fingerprint density at radius 1 is 1.32 bits per heavy atom. The van der Waals surface area contributed by atoms with Gasteiger partial charge in [-0.05, 0) is 19.1 Å². The Hall–Kier alpha value is -2.18. The number of carbonyl (C=O) groups is 2. The smallest absolute Gasteiger partial charge is 0.335 e. The van der Waals surface area contributed by atoms with E-state index in [1.54, 1.807) is 14.0 Å². The summed E-state index contributed by atoms with van der Waals surface area (Å²) < 4.78 is 27.0. The molecule has 0 aromatic heterocycles. The minimum Gasteiger partial charge on any atom is -0.478 e. The van der Waals surface area contributed by atoms with Gasteiger partial charge in [-0.1, -0.05) is 0 Å². The van der Waals surface area contributed by atoms with Gasteiger partial charge in [-0.2, -0.15) is 0 Å². The third-order valence-corrected chi connectivity index (χ3v) is 2.61. The molecule has 5 nitrogen and oxygen atoms in total. The van der Waals surface area contributed by atoms with Crippen LogP contribution in [0.3, 0.4) is 0 Å². The second-order valence-corrected chi connectivity index (χ2v) is 3.88. The lowest BCUT2D eigenvalue weighted by atomic mass is 10.2. The molecule has 0 saturated carbocycles. The zero-order valence-corrected chi connectivity index (χ0v) is 10.5. The maximum absolute atomic E-state index is 13.5. The fraction of sp³-hybridized carbons (Fsp3) is 0.333. The highest BCUT2D eigenvalue weighted by molar-refractivity contribution is 5.88. The van der Waals surface area contributed by atoms with Crippen LogP contribution in [0.25, 0.3) is 0 Å². The number of nitrogens with one attached hydrogen (secondary N) is 1. The molecule has 1 rings (SSSR count). The lowest BCUT2D eigenvalue weighted by molar-refractivity contribution is -0.127. The number of halogens is 2. The number of rotatable bonds is 5. The number of aromatic carboxylic acids is 1. The second-order valence-electron chi connectivity index (χ2n) is 3.88. The zero-order chi connectivity index (χ0) is 14.6. The van der Waals surface area contributed by atoms with Crippen LogP contribution in [0.2, 0.25) is 0 Å². The Balaban J connectivity index is 2.85. The van der Waals surface area contributed by atoms with E-state index in [4.69, 9.17) is 5.11 Å². The van der Waals surface area contributed by atoms with Crippen LogP contribution < -0.4 is 5.32 Å². The largest absolute Gasteiger partial charge is 0.478 e. The van der Waals surface area contributed by atoms with E-state index in [0.29, 0.717) is 18.7 Å². The molecule has 1 amide bonds. The van der Waals surface area contributed by atoms with Gasteiger partial charge in [0.15, 0.2) is 0 Å². The molecule has 0 atom stereocenters. The van der Waals surface area contributed by atoms with E-state index in [1.165, 1.54) is 4.90 Å². The first kappa shape index (κ1) is 14.9. The Labute approximate surface area is 108 Å². The third-order valence-electron chi connectivity index (χ3n) is 2.61. The molecule has 0 aliphatic heterocycles. The molecular formula is C12H14F2N2O3. The zero-order valence-electron chi connectivity index (χ0n) is 10.5. The normalized spacial score (nSPS) is 10.1. The highest BCUT2D eigenvalue weighted by Gasteiger charge is 2.16. The van der Waals surface area contributed by atoms with Gasteiger partial charge >= 0.3 is 5.97 Å². The molecule has 1 aromatic carbocycles. The third kappa shape index (κ3) is 3.64. The van der Waals surface area contributed by atoms with Crippen molar-refractivity contribution in [2.24, 2.45) is 0 Å². The van der Waals surface area contributed by atoms with Gasteiger partial charge in [0.2, 0.25) is 5.91 Å². The van der Waals surface area contributed by atoms with Gasteiger partial charge in [-0.25, -0.2) is 13.6 Å². The fourth-order valence-corrected chi connectivity index (χ4v) is 1.34. The van der Waals surface area contributed by atoms with E-state index in [2.05, 4.69) is 5.32 Å².